The van der Waals surface area contributed by atoms with Crippen LogP contribution in [-0.4, -0.2) is 15.2 Å². The van der Waals surface area contributed by atoms with Crippen molar-refractivity contribution in [2.45, 2.75) is 35.8 Å². The molecule has 0 heterocycles. The van der Waals surface area contributed by atoms with Crippen molar-refractivity contribution in [3.8, 4) is 0 Å². The minimum absolute atomic E-state index is 0.0280. The lowest BCUT2D eigenvalue weighted by molar-refractivity contribution is -0.120. The van der Waals surface area contributed by atoms with Gasteiger partial charge in [0.15, 0.2) is 0 Å². The Hall–Kier alpha value is -0.670. The summed E-state index contributed by atoms with van der Waals surface area (Å²) in [6.45, 7) is 0. The molecular weight excluding hydrogens is 244 g/mol. The van der Waals surface area contributed by atoms with E-state index in [0.29, 0.717) is 17.9 Å². The summed E-state index contributed by atoms with van der Waals surface area (Å²) >= 11 is 5.86. The zero-order valence-electron chi connectivity index (χ0n) is 8.82. The molecule has 1 aromatic carbocycles. The average molecular weight is 257 g/mol. The summed E-state index contributed by atoms with van der Waals surface area (Å²) < 4.78 is 12.2. The lowest BCUT2D eigenvalue weighted by Gasteiger charge is -2.20. The lowest BCUT2D eigenvalue weighted by Crippen LogP contribution is -2.24. The van der Waals surface area contributed by atoms with Crippen LogP contribution in [0, 0.1) is 0 Å². The first-order chi connectivity index (χ1) is 7.66. The van der Waals surface area contributed by atoms with Gasteiger partial charge in [0, 0.05) is 28.0 Å². The van der Waals surface area contributed by atoms with E-state index in [0.717, 1.165) is 17.7 Å². The standard InChI is InChI=1S/C12H13ClO2S/c13-9-3-1-5-11(7-9)16(15)12-6-2-4-10(14)8-12/h1,3,5,7,12H,2,4,6,8H2. The van der Waals surface area contributed by atoms with Gasteiger partial charge in [-0.2, -0.15) is 0 Å². The maximum absolute atomic E-state index is 12.2. The maximum Gasteiger partial charge on any atom is 0.134 e. The number of benzene rings is 1. The van der Waals surface area contributed by atoms with Gasteiger partial charge in [-0.05, 0) is 31.0 Å². The lowest BCUT2D eigenvalue weighted by atomic mass is 9.99. The highest BCUT2D eigenvalue weighted by molar-refractivity contribution is 7.85. The van der Waals surface area contributed by atoms with Gasteiger partial charge in [-0.25, -0.2) is 0 Å². The molecule has 0 bridgehead atoms. The monoisotopic (exact) mass is 256 g/mol. The highest BCUT2D eigenvalue weighted by Crippen LogP contribution is 2.25. The molecule has 0 amide bonds. The summed E-state index contributed by atoms with van der Waals surface area (Å²) in [5.74, 6) is 0.228. The summed E-state index contributed by atoms with van der Waals surface area (Å²) in [6, 6.07) is 7.08. The Morgan fingerprint density at radius 1 is 1.38 bits per heavy atom. The summed E-state index contributed by atoms with van der Waals surface area (Å²) in [6.07, 6.45) is 2.81. The summed E-state index contributed by atoms with van der Waals surface area (Å²) in [7, 11) is -1.11. The van der Waals surface area contributed by atoms with Crippen LogP contribution in [0.3, 0.4) is 0 Å². The number of hydrogen-bond donors (Lipinski definition) is 0. The molecule has 1 saturated carbocycles. The highest BCUT2D eigenvalue weighted by Gasteiger charge is 2.25. The number of rotatable bonds is 2. The Labute approximate surface area is 102 Å². The van der Waals surface area contributed by atoms with Crippen LogP contribution in [0.25, 0.3) is 0 Å². The van der Waals surface area contributed by atoms with Gasteiger partial charge >= 0.3 is 0 Å². The number of carbonyl (C=O) groups excluding carboxylic acids is 1. The predicted molar refractivity (Wildman–Crippen MR) is 65.1 cm³/mol. The van der Waals surface area contributed by atoms with Crippen molar-refractivity contribution in [1.29, 1.82) is 0 Å². The van der Waals surface area contributed by atoms with Gasteiger partial charge in [-0.15, -0.1) is 0 Å². The number of halogens is 1. The Kier molecular flexibility index (Phi) is 3.77. The fraction of sp³-hybridized carbons (Fsp3) is 0.417. The maximum atomic E-state index is 12.2. The summed E-state index contributed by atoms with van der Waals surface area (Å²) in [4.78, 5) is 12.0. The van der Waals surface area contributed by atoms with Crippen LogP contribution in [0.2, 0.25) is 5.02 Å². The molecule has 2 rings (SSSR count). The Morgan fingerprint density at radius 2 is 2.19 bits per heavy atom. The third-order valence-corrected chi connectivity index (χ3v) is 4.73. The number of carbonyl (C=O) groups is 1. The third kappa shape index (κ3) is 2.71. The summed E-state index contributed by atoms with van der Waals surface area (Å²) in [5, 5.41) is 0.563. The SMILES string of the molecule is O=C1CCCC(S(=O)c2cccc(Cl)c2)C1. The number of Topliss-reactive ketones (excluding diaryl/α,β-unsaturated/α-hetero) is 1. The van der Waals surface area contributed by atoms with E-state index in [1.165, 1.54) is 0 Å². The van der Waals surface area contributed by atoms with Crippen LogP contribution in [0.15, 0.2) is 29.2 Å². The van der Waals surface area contributed by atoms with Crippen molar-refractivity contribution in [1.82, 2.24) is 0 Å². The quantitative estimate of drug-likeness (QED) is 0.815. The first kappa shape index (κ1) is 11.8. The van der Waals surface area contributed by atoms with Crippen LogP contribution in [0.5, 0.6) is 0 Å². The van der Waals surface area contributed by atoms with E-state index < -0.39 is 10.8 Å². The van der Waals surface area contributed by atoms with E-state index in [-0.39, 0.29) is 11.0 Å². The number of ketones is 1. The molecule has 2 unspecified atom stereocenters. The second-order valence-electron chi connectivity index (χ2n) is 4.01. The molecule has 0 saturated heterocycles. The average Bonchev–Trinajstić information content (AvgIpc) is 2.28. The van der Waals surface area contributed by atoms with Crippen molar-refractivity contribution >= 4 is 28.2 Å². The summed E-state index contributed by atoms with van der Waals surface area (Å²) in [5.41, 5.74) is 0. The van der Waals surface area contributed by atoms with Gasteiger partial charge in [0.2, 0.25) is 0 Å². The molecule has 1 aliphatic carbocycles. The number of hydrogen-bond acceptors (Lipinski definition) is 2. The zero-order chi connectivity index (χ0) is 11.5. The molecule has 2 atom stereocenters. The molecule has 2 nitrogen and oxygen atoms in total. The normalized spacial score (nSPS) is 23.1. The fourth-order valence-electron chi connectivity index (χ4n) is 1.95. The second-order valence-corrected chi connectivity index (χ2v) is 6.18. The van der Waals surface area contributed by atoms with Crippen LogP contribution in [0.1, 0.15) is 25.7 Å². The molecule has 86 valence electrons. The van der Waals surface area contributed by atoms with E-state index in [1.54, 1.807) is 24.3 Å². The zero-order valence-corrected chi connectivity index (χ0v) is 10.4. The van der Waals surface area contributed by atoms with E-state index in [2.05, 4.69) is 0 Å². The second kappa shape index (κ2) is 5.11. The third-order valence-electron chi connectivity index (χ3n) is 2.77. The molecule has 1 aliphatic rings. The van der Waals surface area contributed by atoms with Crippen molar-refractivity contribution < 1.29 is 9.00 Å². The largest absolute Gasteiger partial charge is 0.300 e. The van der Waals surface area contributed by atoms with Gasteiger partial charge in [0.05, 0.1) is 10.8 Å². The van der Waals surface area contributed by atoms with Crippen LogP contribution >= 0.6 is 11.6 Å². The van der Waals surface area contributed by atoms with Crippen molar-refractivity contribution in [3.05, 3.63) is 29.3 Å². The van der Waals surface area contributed by atoms with Crippen molar-refractivity contribution in [3.63, 3.8) is 0 Å². The Balaban J connectivity index is 2.15. The highest BCUT2D eigenvalue weighted by atomic mass is 35.5. The first-order valence-corrected chi connectivity index (χ1v) is 6.94. The van der Waals surface area contributed by atoms with Crippen molar-refractivity contribution in [2.24, 2.45) is 0 Å². The molecule has 4 heteroatoms. The van der Waals surface area contributed by atoms with E-state index in [9.17, 15) is 9.00 Å². The fourth-order valence-corrected chi connectivity index (χ4v) is 3.77. The van der Waals surface area contributed by atoms with Gasteiger partial charge in [-0.3, -0.25) is 9.00 Å². The van der Waals surface area contributed by atoms with Crippen LogP contribution in [0.4, 0.5) is 0 Å². The minimum Gasteiger partial charge on any atom is -0.300 e. The molecular formula is C12H13ClO2S. The van der Waals surface area contributed by atoms with Crippen LogP contribution < -0.4 is 0 Å². The minimum atomic E-state index is -1.11. The topological polar surface area (TPSA) is 34.1 Å². The van der Waals surface area contributed by atoms with E-state index in [1.807, 2.05) is 0 Å². The molecule has 16 heavy (non-hydrogen) atoms. The van der Waals surface area contributed by atoms with Crippen LogP contribution in [-0.2, 0) is 15.6 Å². The molecule has 0 aliphatic heterocycles. The first-order valence-electron chi connectivity index (χ1n) is 5.34. The van der Waals surface area contributed by atoms with E-state index >= 15 is 0 Å². The van der Waals surface area contributed by atoms with Gasteiger partial charge in [0.1, 0.15) is 5.78 Å². The predicted octanol–water partition coefficient (Wildman–Crippen LogP) is 2.96. The Morgan fingerprint density at radius 3 is 2.88 bits per heavy atom. The Bertz CT molecular complexity index is 431. The van der Waals surface area contributed by atoms with Gasteiger partial charge in [0.25, 0.3) is 0 Å². The van der Waals surface area contributed by atoms with Gasteiger partial charge < -0.3 is 0 Å². The molecule has 1 aromatic rings. The van der Waals surface area contributed by atoms with Gasteiger partial charge in [-0.1, -0.05) is 17.7 Å². The van der Waals surface area contributed by atoms with E-state index in [4.69, 9.17) is 11.6 Å². The molecule has 0 aromatic heterocycles. The molecule has 1 fully saturated rings. The molecule has 0 N–H and O–H groups in total. The van der Waals surface area contributed by atoms with Crippen molar-refractivity contribution in [2.75, 3.05) is 0 Å². The molecule has 0 radical (unpaired) electrons. The smallest absolute Gasteiger partial charge is 0.134 e. The molecule has 0 spiro atoms.